The van der Waals surface area contributed by atoms with Gasteiger partial charge in [0.1, 0.15) is 5.75 Å². The second-order valence-corrected chi connectivity index (χ2v) is 9.61. The van der Waals surface area contributed by atoms with Crippen LogP contribution in [0.15, 0.2) is 69.4 Å². The highest BCUT2D eigenvalue weighted by Crippen LogP contribution is 2.34. The molecular formula is C23H23N3O3S2. The first-order chi connectivity index (χ1) is 15.0. The zero-order valence-corrected chi connectivity index (χ0v) is 19.0. The zero-order valence-electron chi connectivity index (χ0n) is 17.3. The number of fused-ring (bicyclic) bond motifs is 1. The van der Waals surface area contributed by atoms with Gasteiger partial charge in [-0.3, -0.25) is 14.2 Å². The highest BCUT2D eigenvalue weighted by atomic mass is 32.2. The summed E-state index contributed by atoms with van der Waals surface area (Å²) in [6.45, 7) is 2.52. The van der Waals surface area contributed by atoms with E-state index in [4.69, 9.17) is 9.72 Å². The lowest BCUT2D eigenvalue weighted by Crippen LogP contribution is -2.26. The van der Waals surface area contributed by atoms with Crippen LogP contribution < -0.4 is 15.6 Å². The minimum atomic E-state index is -0.182. The maximum atomic E-state index is 13.2. The quantitative estimate of drug-likeness (QED) is 0.430. The van der Waals surface area contributed by atoms with Crippen molar-refractivity contribution in [3.63, 3.8) is 0 Å². The molecule has 1 amide bonds. The van der Waals surface area contributed by atoms with E-state index in [2.05, 4.69) is 12.2 Å². The highest BCUT2D eigenvalue weighted by molar-refractivity contribution is 8.00. The first kappa shape index (κ1) is 21.5. The van der Waals surface area contributed by atoms with Crippen LogP contribution in [0.25, 0.3) is 0 Å². The standard InChI is InChI=1S/C23H23N3O3S2/c1-15-12-18-21(31-15)22(28)26(13-16-8-4-3-5-9-16)23(25-18)30-14-20(27)24-17-10-6-7-11-19(17)29-2/h3-11,15H,12-14H2,1-2H3,(H,24,27)/t15-/m0/s1. The van der Waals surface area contributed by atoms with Gasteiger partial charge in [-0.05, 0) is 17.7 Å². The van der Waals surface area contributed by atoms with Gasteiger partial charge in [0.05, 0.1) is 35.7 Å². The largest absolute Gasteiger partial charge is 0.495 e. The lowest BCUT2D eigenvalue weighted by atomic mass is 10.2. The van der Waals surface area contributed by atoms with E-state index in [9.17, 15) is 9.59 Å². The van der Waals surface area contributed by atoms with E-state index in [1.807, 2.05) is 42.5 Å². The first-order valence-corrected chi connectivity index (χ1v) is 11.8. The predicted molar refractivity (Wildman–Crippen MR) is 125 cm³/mol. The first-order valence-electron chi connectivity index (χ1n) is 9.95. The van der Waals surface area contributed by atoms with Crippen molar-refractivity contribution in [2.75, 3.05) is 18.2 Å². The number of para-hydroxylation sites is 2. The van der Waals surface area contributed by atoms with Gasteiger partial charge < -0.3 is 10.1 Å². The molecule has 0 saturated carbocycles. The van der Waals surface area contributed by atoms with Crippen molar-refractivity contribution in [3.05, 3.63) is 76.2 Å². The molecule has 1 aliphatic heterocycles. The number of hydrogen-bond donors (Lipinski definition) is 1. The summed E-state index contributed by atoms with van der Waals surface area (Å²) >= 11 is 2.86. The molecule has 1 aliphatic rings. The number of benzene rings is 2. The van der Waals surface area contributed by atoms with Crippen molar-refractivity contribution in [2.24, 2.45) is 0 Å². The Kier molecular flexibility index (Phi) is 6.67. The third-order valence-corrected chi connectivity index (χ3v) is 7.05. The predicted octanol–water partition coefficient (Wildman–Crippen LogP) is 4.07. The minimum absolute atomic E-state index is 0.0316. The lowest BCUT2D eigenvalue weighted by molar-refractivity contribution is -0.113. The van der Waals surface area contributed by atoms with Gasteiger partial charge in [0.15, 0.2) is 5.16 Å². The molecule has 4 rings (SSSR count). The monoisotopic (exact) mass is 453 g/mol. The lowest BCUT2D eigenvalue weighted by Gasteiger charge is -2.14. The molecule has 6 nitrogen and oxygen atoms in total. The Bertz CT molecular complexity index is 1150. The molecule has 2 heterocycles. The third kappa shape index (κ3) is 4.97. The van der Waals surface area contributed by atoms with Crippen molar-refractivity contribution in [1.29, 1.82) is 0 Å². The molecule has 1 N–H and O–H groups in total. The third-order valence-electron chi connectivity index (χ3n) is 4.86. The molecule has 0 spiro atoms. The molecule has 2 aromatic carbocycles. The Balaban J connectivity index is 1.57. The van der Waals surface area contributed by atoms with E-state index in [0.717, 1.165) is 22.6 Å². The van der Waals surface area contributed by atoms with Crippen LogP contribution in [0.2, 0.25) is 0 Å². The minimum Gasteiger partial charge on any atom is -0.495 e. The van der Waals surface area contributed by atoms with Crippen molar-refractivity contribution >= 4 is 35.1 Å². The number of carbonyl (C=O) groups excluding carboxylic acids is 1. The van der Waals surface area contributed by atoms with Crippen LogP contribution in [0.5, 0.6) is 5.75 Å². The van der Waals surface area contributed by atoms with Crippen LogP contribution >= 0.6 is 23.5 Å². The van der Waals surface area contributed by atoms with Gasteiger partial charge in [-0.2, -0.15) is 0 Å². The zero-order chi connectivity index (χ0) is 21.8. The van der Waals surface area contributed by atoms with Crippen LogP contribution in [0.3, 0.4) is 0 Å². The molecule has 0 fully saturated rings. The number of nitrogens with one attached hydrogen (secondary N) is 1. The fourth-order valence-corrected chi connectivity index (χ4v) is 5.34. The molecule has 0 radical (unpaired) electrons. The maximum absolute atomic E-state index is 13.2. The molecule has 31 heavy (non-hydrogen) atoms. The Labute approximate surface area is 189 Å². The number of ether oxygens (including phenoxy) is 1. The molecule has 1 aromatic heterocycles. The van der Waals surface area contributed by atoms with E-state index < -0.39 is 0 Å². The van der Waals surface area contributed by atoms with E-state index >= 15 is 0 Å². The fourth-order valence-electron chi connectivity index (χ4n) is 3.41. The summed E-state index contributed by atoms with van der Waals surface area (Å²) in [4.78, 5) is 31.3. The number of rotatable bonds is 7. The summed E-state index contributed by atoms with van der Waals surface area (Å²) in [6.07, 6.45) is 0.766. The van der Waals surface area contributed by atoms with Crippen molar-refractivity contribution < 1.29 is 9.53 Å². The van der Waals surface area contributed by atoms with Crippen LogP contribution in [0.1, 0.15) is 18.2 Å². The number of carbonyl (C=O) groups is 1. The molecule has 0 bridgehead atoms. The van der Waals surface area contributed by atoms with Gasteiger partial charge in [-0.1, -0.05) is 61.2 Å². The van der Waals surface area contributed by atoms with Gasteiger partial charge >= 0.3 is 0 Å². The second-order valence-electron chi connectivity index (χ2n) is 7.22. The molecular weight excluding hydrogens is 430 g/mol. The van der Waals surface area contributed by atoms with Crippen molar-refractivity contribution in [2.45, 2.75) is 35.2 Å². The van der Waals surface area contributed by atoms with E-state index in [1.54, 1.807) is 35.6 Å². The van der Waals surface area contributed by atoms with E-state index in [1.165, 1.54) is 11.8 Å². The maximum Gasteiger partial charge on any atom is 0.268 e. The number of hydrogen-bond acceptors (Lipinski definition) is 6. The number of anilines is 1. The molecule has 1 atom stereocenters. The number of aromatic nitrogens is 2. The van der Waals surface area contributed by atoms with Gasteiger partial charge in [0.2, 0.25) is 5.91 Å². The van der Waals surface area contributed by atoms with E-state index in [0.29, 0.717) is 28.4 Å². The average molecular weight is 454 g/mol. The van der Waals surface area contributed by atoms with Crippen molar-refractivity contribution in [3.8, 4) is 5.75 Å². The fraction of sp³-hybridized carbons (Fsp3) is 0.261. The molecule has 8 heteroatoms. The molecule has 0 aliphatic carbocycles. The Morgan fingerprint density at radius 1 is 1.23 bits per heavy atom. The van der Waals surface area contributed by atoms with Gasteiger partial charge in [0, 0.05) is 11.7 Å². The van der Waals surface area contributed by atoms with Gasteiger partial charge in [-0.25, -0.2) is 4.98 Å². The number of nitrogens with zero attached hydrogens (tertiary/aromatic N) is 2. The summed E-state index contributed by atoms with van der Waals surface area (Å²) in [7, 11) is 1.56. The van der Waals surface area contributed by atoms with Crippen LogP contribution in [-0.4, -0.2) is 33.6 Å². The Hall–Kier alpha value is -2.71. The molecule has 160 valence electrons. The van der Waals surface area contributed by atoms with E-state index in [-0.39, 0.29) is 17.2 Å². The smallest absolute Gasteiger partial charge is 0.268 e. The van der Waals surface area contributed by atoms with Crippen molar-refractivity contribution in [1.82, 2.24) is 9.55 Å². The highest BCUT2D eigenvalue weighted by Gasteiger charge is 2.26. The Morgan fingerprint density at radius 2 is 1.97 bits per heavy atom. The summed E-state index contributed by atoms with van der Waals surface area (Å²) in [5.74, 6) is 0.558. The van der Waals surface area contributed by atoms with Crippen LogP contribution in [0.4, 0.5) is 5.69 Å². The topological polar surface area (TPSA) is 73.2 Å². The van der Waals surface area contributed by atoms with Gasteiger partial charge in [0.25, 0.3) is 5.56 Å². The molecule has 3 aromatic rings. The number of thioether (sulfide) groups is 2. The number of methoxy groups -OCH3 is 1. The summed E-state index contributed by atoms with van der Waals surface area (Å²) < 4.78 is 6.97. The summed E-state index contributed by atoms with van der Waals surface area (Å²) in [5.41, 5.74) is 2.43. The summed E-state index contributed by atoms with van der Waals surface area (Å²) in [5, 5.41) is 3.77. The van der Waals surface area contributed by atoms with Gasteiger partial charge in [-0.15, -0.1) is 11.8 Å². The summed E-state index contributed by atoms with van der Waals surface area (Å²) in [6, 6.07) is 17.1. The normalized spacial score (nSPS) is 14.8. The SMILES string of the molecule is COc1ccccc1NC(=O)CSc1nc2c(c(=O)n1Cc1ccccc1)S[C@@H](C)C2. The number of amides is 1. The van der Waals surface area contributed by atoms with Crippen LogP contribution in [-0.2, 0) is 17.8 Å². The average Bonchev–Trinajstić information content (AvgIpc) is 3.16. The molecule has 0 unspecified atom stereocenters. The second kappa shape index (κ2) is 9.62. The van der Waals surface area contributed by atoms with Crippen LogP contribution in [0, 0.1) is 0 Å². The Morgan fingerprint density at radius 3 is 2.74 bits per heavy atom. The molecule has 0 saturated heterocycles.